The van der Waals surface area contributed by atoms with E-state index in [0.29, 0.717) is 11.6 Å². The van der Waals surface area contributed by atoms with Crippen molar-refractivity contribution < 1.29 is 4.79 Å². The van der Waals surface area contributed by atoms with Crippen molar-refractivity contribution in [2.75, 3.05) is 6.54 Å². The van der Waals surface area contributed by atoms with Crippen LogP contribution in [0.2, 0.25) is 0 Å². The first-order valence-corrected chi connectivity index (χ1v) is 7.62. The summed E-state index contributed by atoms with van der Waals surface area (Å²) in [5, 5.41) is 0. The number of nitrogens with zero attached hydrogens (tertiary/aromatic N) is 3. The van der Waals surface area contributed by atoms with Gasteiger partial charge in [-0.3, -0.25) is 4.79 Å². The van der Waals surface area contributed by atoms with Gasteiger partial charge in [-0.15, -0.1) is 0 Å². The van der Waals surface area contributed by atoms with Crippen molar-refractivity contribution in [1.82, 2.24) is 19.9 Å². The number of H-pyrrole nitrogens is 1. The summed E-state index contributed by atoms with van der Waals surface area (Å²) in [5.41, 5.74) is 1.60. The number of aromatic amines is 1. The van der Waals surface area contributed by atoms with E-state index in [2.05, 4.69) is 37.8 Å². The lowest BCUT2D eigenvalue weighted by Gasteiger charge is -2.37. The van der Waals surface area contributed by atoms with Gasteiger partial charge in [-0.25, -0.2) is 9.97 Å². The maximum atomic E-state index is 11.9. The van der Waals surface area contributed by atoms with Gasteiger partial charge in [-0.1, -0.05) is 6.92 Å². The number of carbonyl (C=O) groups is 1. The Morgan fingerprint density at radius 1 is 1.50 bits per heavy atom. The number of hydrogen-bond donors (Lipinski definition) is 1. The van der Waals surface area contributed by atoms with Crippen LogP contribution >= 0.6 is 15.9 Å². The molecule has 1 unspecified atom stereocenters. The molecule has 1 fully saturated rings. The van der Waals surface area contributed by atoms with E-state index in [1.165, 1.54) is 0 Å². The van der Waals surface area contributed by atoms with Crippen LogP contribution < -0.4 is 0 Å². The van der Waals surface area contributed by atoms with Crippen molar-refractivity contribution in [3.05, 3.63) is 22.6 Å². The third-order valence-corrected chi connectivity index (χ3v) is 4.29. The molecule has 5 nitrogen and oxygen atoms in total. The van der Waals surface area contributed by atoms with Gasteiger partial charge in [0.1, 0.15) is 5.82 Å². The van der Waals surface area contributed by atoms with Gasteiger partial charge in [-0.2, -0.15) is 0 Å². The minimum atomic E-state index is 0.0386. The molecular formula is C14H17BrN4O. The highest BCUT2D eigenvalue weighted by molar-refractivity contribution is 9.10. The predicted octanol–water partition coefficient (Wildman–Crippen LogP) is 3.04. The second-order valence-corrected chi connectivity index (χ2v) is 6.43. The summed E-state index contributed by atoms with van der Waals surface area (Å²) < 4.78 is 0.917. The van der Waals surface area contributed by atoms with Gasteiger partial charge in [0.15, 0.2) is 5.65 Å². The number of pyridine rings is 1. The highest BCUT2D eigenvalue weighted by Crippen LogP contribution is 2.32. The number of carbonyl (C=O) groups excluding carboxylic acids is 1. The van der Waals surface area contributed by atoms with E-state index >= 15 is 0 Å². The fraction of sp³-hybridized carbons (Fsp3) is 0.500. The number of amides is 1. The van der Waals surface area contributed by atoms with Gasteiger partial charge in [-0.05, 0) is 40.8 Å². The summed E-state index contributed by atoms with van der Waals surface area (Å²) in [6, 6.07) is 2.00. The molecule has 0 aromatic carbocycles. The van der Waals surface area contributed by atoms with Crippen LogP contribution in [0, 0.1) is 5.92 Å². The van der Waals surface area contributed by atoms with Gasteiger partial charge >= 0.3 is 0 Å². The molecule has 3 rings (SSSR count). The van der Waals surface area contributed by atoms with Gasteiger partial charge in [0, 0.05) is 24.1 Å². The van der Waals surface area contributed by atoms with E-state index in [-0.39, 0.29) is 11.9 Å². The van der Waals surface area contributed by atoms with Crippen LogP contribution in [0.15, 0.2) is 16.7 Å². The first-order valence-electron chi connectivity index (χ1n) is 6.83. The van der Waals surface area contributed by atoms with Crippen molar-refractivity contribution in [3.63, 3.8) is 0 Å². The number of fused-ring (bicyclic) bond motifs is 1. The molecule has 0 bridgehead atoms. The Bertz CT molecular complexity index is 654. The lowest BCUT2D eigenvalue weighted by atomic mass is 9.93. The third kappa shape index (κ3) is 2.44. The predicted molar refractivity (Wildman–Crippen MR) is 80.1 cm³/mol. The largest absolute Gasteiger partial charge is 0.339 e. The molecule has 3 heterocycles. The molecule has 1 saturated heterocycles. The standard InChI is InChI=1S/C14H17BrN4O/c1-8-3-4-12(19(7-8)9(2)20)14-17-11-5-10(15)6-16-13(11)18-14/h5-6,8,12H,3-4,7H2,1-2H3,(H,16,17,18)/t8-,12?/m0/s1. The molecule has 2 aromatic heterocycles. The zero-order chi connectivity index (χ0) is 14.3. The molecule has 20 heavy (non-hydrogen) atoms. The van der Waals surface area contributed by atoms with Crippen LogP contribution in [-0.4, -0.2) is 32.3 Å². The van der Waals surface area contributed by atoms with Gasteiger partial charge in [0.2, 0.25) is 5.91 Å². The number of halogens is 1. The zero-order valence-electron chi connectivity index (χ0n) is 11.6. The number of nitrogens with one attached hydrogen (secondary N) is 1. The summed E-state index contributed by atoms with van der Waals surface area (Å²) in [5.74, 6) is 1.50. The van der Waals surface area contributed by atoms with Crippen molar-refractivity contribution in [2.45, 2.75) is 32.7 Å². The molecule has 1 aliphatic heterocycles. The van der Waals surface area contributed by atoms with Crippen LogP contribution in [0.3, 0.4) is 0 Å². The molecule has 0 spiro atoms. The minimum Gasteiger partial charge on any atom is -0.339 e. The van der Waals surface area contributed by atoms with E-state index in [0.717, 1.165) is 35.2 Å². The number of likely N-dealkylation sites (tertiary alicyclic amines) is 1. The van der Waals surface area contributed by atoms with E-state index in [1.54, 1.807) is 13.1 Å². The molecule has 6 heteroatoms. The lowest BCUT2D eigenvalue weighted by Crippen LogP contribution is -2.40. The normalized spacial score (nSPS) is 23.2. The van der Waals surface area contributed by atoms with Crippen LogP contribution in [0.25, 0.3) is 11.2 Å². The van der Waals surface area contributed by atoms with Crippen molar-refractivity contribution >= 4 is 33.0 Å². The highest BCUT2D eigenvalue weighted by atomic mass is 79.9. The third-order valence-electron chi connectivity index (χ3n) is 3.86. The molecule has 0 saturated carbocycles. The van der Waals surface area contributed by atoms with E-state index < -0.39 is 0 Å². The Kier molecular flexibility index (Phi) is 3.50. The SMILES string of the molecule is CC(=O)N1C[C@@H](C)CCC1c1nc2ncc(Br)cc2[nH]1. The average Bonchev–Trinajstić information content (AvgIpc) is 2.81. The van der Waals surface area contributed by atoms with Crippen LogP contribution in [0.4, 0.5) is 0 Å². The average molecular weight is 337 g/mol. The molecule has 2 atom stereocenters. The molecular weight excluding hydrogens is 320 g/mol. The topological polar surface area (TPSA) is 61.9 Å². The second-order valence-electron chi connectivity index (χ2n) is 5.52. The Balaban J connectivity index is 1.98. The number of rotatable bonds is 1. The first-order chi connectivity index (χ1) is 9.54. The van der Waals surface area contributed by atoms with Gasteiger partial charge in [0.25, 0.3) is 0 Å². The Hall–Kier alpha value is -1.43. The van der Waals surface area contributed by atoms with E-state index in [9.17, 15) is 4.79 Å². The van der Waals surface area contributed by atoms with Crippen molar-refractivity contribution in [3.8, 4) is 0 Å². The van der Waals surface area contributed by atoms with Gasteiger partial charge in [0.05, 0.1) is 11.6 Å². The van der Waals surface area contributed by atoms with Crippen LogP contribution in [0.5, 0.6) is 0 Å². The van der Waals surface area contributed by atoms with Crippen LogP contribution in [0.1, 0.15) is 38.6 Å². The quantitative estimate of drug-likeness (QED) is 0.870. The molecule has 0 aliphatic carbocycles. The Labute approximate surface area is 125 Å². The Morgan fingerprint density at radius 3 is 3.05 bits per heavy atom. The van der Waals surface area contributed by atoms with E-state index in [1.807, 2.05) is 11.0 Å². The summed E-state index contributed by atoms with van der Waals surface area (Å²) in [4.78, 5) is 25.9. The van der Waals surface area contributed by atoms with Crippen LogP contribution in [-0.2, 0) is 4.79 Å². The molecule has 2 aromatic rings. The molecule has 1 amide bonds. The summed E-state index contributed by atoms with van der Waals surface area (Å²) in [6.07, 6.45) is 3.79. The monoisotopic (exact) mass is 336 g/mol. The Morgan fingerprint density at radius 2 is 2.30 bits per heavy atom. The number of imidazole rings is 1. The first kappa shape index (κ1) is 13.5. The number of aromatic nitrogens is 3. The lowest BCUT2D eigenvalue weighted by molar-refractivity contribution is -0.133. The smallest absolute Gasteiger partial charge is 0.220 e. The summed E-state index contributed by atoms with van der Waals surface area (Å²) >= 11 is 3.41. The molecule has 1 N–H and O–H groups in total. The van der Waals surface area contributed by atoms with Gasteiger partial charge < -0.3 is 9.88 Å². The fourth-order valence-electron chi connectivity index (χ4n) is 2.84. The zero-order valence-corrected chi connectivity index (χ0v) is 13.1. The molecule has 0 radical (unpaired) electrons. The second kappa shape index (κ2) is 5.16. The maximum absolute atomic E-state index is 11.9. The van der Waals surface area contributed by atoms with E-state index in [4.69, 9.17) is 0 Å². The van der Waals surface area contributed by atoms with Crippen molar-refractivity contribution in [2.24, 2.45) is 5.92 Å². The fourth-order valence-corrected chi connectivity index (χ4v) is 3.17. The molecule has 106 valence electrons. The minimum absolute atomic E-state index is 0.0386. The number of hydrogen-bond acceptors (Lipinski definition) is 3. The highest BCUT2D eigenvalue weighted by Gasteiger charge is 2.31. The maximum Gasteiger partial charge on any atom is 0.220 e. The van der Waals surface area contributed by atoms with Crippen molar-refractivity contribution in [1.29, 1.82) is 0 Å². The summed E-state index contributed by atoms with van der Waals surface area (Å²) in [7, 11) is 0. The number of piperidine rings is 1. The summed E-state index contributed by atoms with van der Waals surface area (Å²) in [6.45, 7) is 4.61. The molecule has 1 aliphatic rings.